The van der Waals surface area contributed by atoms with Gasteiger partial charge >= 0.3 is 0 Å². The van der Waals surface area contributed by atoms with Gasteiger partial charge < -0.3 is 19.5 Å². The van der Waals surface area contributed by atoms with E-state index in [-0.39, 0.29) is 24.3 Å². The van der Waals surface area contributed by atoms with Crippen LogP contribution in [0, 0.1) is 0 Å². The Morgan fingerprint density at radius 1 is 1.03 bits per heavy atom. The van der Waals surface area contributed by atoms with Gasteiger partial charge in [-0.3, -0.25) is 4.79 Å². The number of rotatable bonds is 8. The number of ether oxygens (including phenoxy) is 1. The molecule has 0 saturated carbocycles. The monoisotopic (exact) mass is 387 g/mol. The molecule has 1 atom stereocenters. The minimum atomic E-state index is -0.281. The maximum Gasteiger partial charge on any atom is 0.287 e. The lowest BCUT2D eigenvalue weighted by Gasteiger charge is -2.17. The van der Waals surface area contributed by atoms with Gasteiger partial charge in [0.25, 0.3) is 5.91 Å². The van der Waals surface area contributed by atoms with Crippen LogP contribution in [0.15, 0.2) is 89.6 Å². The van der Waals surface area contributed by atoms with Crippen molar-refractivity contribution in [3.8, 4) is 5.75 Å². The number of imidazole rings is 1. The quantitative estimate of drug-likeness (QED) is 0.472. The number of hydrogen-bond donors (Lipinski definition) is 2. The van der Waals surface area contributed by atoms with Crippen LogP contribution in [0.5, 0.6) is 5.75 Å². The maximum atomic E-state index is 12.8. The molecule has 2 N–H and O–H groups in total. The van der Waals surface area contributed by atoms with Crippen molar-refractivity contribution >= 4 is 5.91 Å². The second kappa shape index (κ2) is 8.93. The van der Waals surface area contributed by atoms with Crippen molar-refractivity contribution in [3.05, 3.63) is 108 Å². The number of nitrogens with zero attached hydrogens (tertiary/aromatic N) is 1. The maximum absolute atomic E-state index is 12.8. The molecule has 2 aromatic heterocycles. The van der Waals surface area contributed by atoms with E-state index in [2.05, 4.69) is 15.3 Å². The van der Waals surface area contributed by atoms with E-state index in [9.17, 15) is 4.79 Å². The molecule has 1 unspecified atom stereocenters. The molecular weight excluding hydrogens is 366 g/mol. The topological polar surface area (TPSA) is 80.2 Å². The summed E-state index contributed by atoms with van der Waals surface area (Å²) in [5.41, 5.74) is 0.997. The van der Waals surface area contributed by atoms with Crippen molar-refractivity contribution in [3.63, 3.8) is 0 Å². The van der Waals surface area contributed by atoms with Gasteiger partial charge in [0.05, 0.1) is 6.04 Å². The van der Waals surface area contributed by atoms with E-state index >= 15 is 0 Å². The first kappa shape index (κ1) is 18.6. The molecule has 2 heterocycles. The molecule has 4 rings (SSSR count). The van der Waals surface area contributed by atoms with Gasteiger partial charge in [-0.05, 0) is 29.8 Å². The number of H-pyrrole nitrogens is 1. The molecule has 0 aliphatic heterocycles. The van der Waals surface area contributed by atoms with Gasteiger partial charge in [0.15, 0.2) is 5.76 Å². The summed E-state index contributed by atoms with van der Waals surface area (Å²) in [6.07, 6.45) is 4.02. The third-order valence-corrected chi connectivity index (χ3v) is 4.47. The molecular formula is C23H21N3O3. The summed E-state index contributed by atoms with van der Waals surface area (Å²) >= 11 is 0. The Labute approximate surface area is 168 Å². The predicted octanol–water partition coefficient (Wildman–Crippen LogP) is 4.30. The molecule has 0 radical (unpaired) electrons. The lowest BCUT2D eigenvalue weighted by atomic mass is 10.0. The second-order valence-corrected chi connectivity index (χ2v) is 6.54. The fourth-order valence-corrected chi connectivity index (χ4v) is 3.02. The molecule has 29 heavy (non-hydrogen) atoms. The van der Waals surface area contributed by atoms with Crippen LogP contribution in [0.2, 0.25) is 0 Å². The normalized spacial score (nSPS) is 11.7. The Bertz CT molecular complexity index is 1030. The summed E-state index contributed by atoms with van der Waals surface area (Å²) in [4.78, 5) is 20.1. The summed E-state index contributed by atoms with van der Waals surface area (Å²) in [6.45, 7) is 0.256. The van der Waals surface area contributed by atoms with Gasteiger partial charge in [-0.2, -0.15) is 0 Å². The number of para-hydroxylation sites is 1. The van der Waals surface area contributed by atoms with E-state index < -0.39 is 0 Å². The standard InChI is InChI=1S/C23H21N3O3/c27-23(21-12-11-19(29-21)16-28-18-9-5-2-6-10-18)26-20(15-22-24-13-14-25-22)17-7-3-1-4-8-17/h1-14,20H,15-16H2,(H,24,25)(H,26,27). The number of amides is 1. The van der Waals surface area contributed by atoms with Crippen molar-refractivity contribution in [1.82, 2.24) is 15.3 Å². The van der Waals surface area contributed by atoms with E-state index in [1.165, 1.54) is 0 Å². The number of benzene rings is 2. The first-order chi connectivity index (χ1) is 14.3. The van der Waals surface area contributed by atoms with Crippen LogP contribution in [0.3, 0.4) is 0 Å². The zero-order valence-corrected chi connectivity index (χ0v) is 15.7. The summed E-state index contributed by atoms with van der Waals surface area (Å²) in [7, 11) is 0. The number of carbonyl (C=O) groups excluding carboxylic acids is 1. The van der Waals surface area contributed by atoms with Crippen LogP contribution >= 0.6 is 0 Å². The summed E-state index contributed by atoms with van der Waals surface area (Å²) in [5, 5.41) is 3.04. The largest absolute Gasteiger partial charge is 0.486 e. The van der Waals surface area contributed by atoms with Gasteiger partial charge in [-0.1, -0.05) is 48.5 Å². The number of hydrogen-bond acceptors (Lipinski definition) is 4. The number of carbonyl (C=O) groups is 1. The Morgan fingerprint density at radius 3 is 2.52 bits per heavy atom. The van der Waals surface area contributed by atoms with Crippen LogP contribution in [-0.4, -0.2) is 15.9 Å². The van der Waals surface area contributed by atoms with Crippen molar-refractivity contribution in [2.24, 2.45) is 0 Å². The predicted molar refractivity (Wildman–Crippen MR) is 108 cm³/mol. The lowest BCUT2D eigenvalue weighted by molar-refractivity contribution is 0.0904. The molecule has 0 bridgehead atoms. The summed E-state index contributed by atoms with van der Waals surface area (Å²) < 4.78 is 11.3. The Balaban J connectivity index is 1.43. The second-order valence-electron chi connectivity index (χ2n) is 6.54. The lowest BCUT2D eigenvalue weighted by Crippen LogP contribution is -2.30. The number of aromatic amines is 1. The third-order valence-electron chi connectivity index (χ3n) is 4.47. The molecule has 0 aliphatic carbocycles. The average Bonchev–Trinajstić information content (AvgIpc) is 3.45. The van der Waals surface area contributed by atoms with Crippen LogP contribution < -0.4 is 10.1 Å². The minimum absolute atomic E-state index is 0.232. The minimum Gasteiger partial charge on any atom is -0.486 e. The number of furan rings is 1. The molecule has 4 aromatic rings. The van der Waals surface area contributed by atoms with E-state index in [1.54, 1.807) is 24.5 Å². The van der Waals surface area contributed by atoms with Gasteiger partial charge in [0.1, 0.15) is 23.9 Å². The summed E-state index contributed by atoms with van der Waals surface area (Å²) in [5.74, 6) is 2.10. The Morgan fingerprint density at radius 2 is 1.79 bits per heavy atom. The van der Waals surface area contributed by atoms with Gasteiger partial charge in [-0.25, -0.2) is 4.98 Å². The zero-order valence-electron chi connectivity index (χ0n) is 15.7. The Kier molecular flexibility index (Phi) is 5.71. The highest BCUT2D eigenvalue weighted by atomic mass is 16.5. The van der Waals surface area contributed by atoms with Crippen molar-refractivity contribution < 1.29 is 13.9 Å². The van der Waals surface area contributed by atoms with Crippen LogP contribution in [0.1, 0.15) is 33.7 Å². The zero-order chi connectivity index (χ0) is 19.9. The Hall–Kier alpha value is -3.80. The van der Waals surface area contributed by atoms with Crippen LogP contribution in [0.4, 0.5) is 0 Å². The average molecular weight is 387 g/mol. The molecule has 0 spiro atoms. The van der Waals surface area contributed by atoms with Crippen molar-refractivity contribution in [1.29, 1.82) is 0 Å². The van der Waals surface area contributed by atoms with E-state index in [0.717, 1.165) is 17.1 Å². The fraction of sp³-hybridized carbons (Fsp3) is 0.130. The first-order valence-electron chi connectivity index (χ1n) is 9.38. The molecule has 0 fully saturated rings. The molecule has 6 heteroatoms. The molecule has 6 nitrogen and oxygen atoms in total. The molecule has 0 aliphatic rings. The molecule has 146 valence electrons. The van der Waals surface area contributed by atoms with Crippen molar-refractivity contribution in [2.75, 3.05) is 0 Å². The van der Waals surface area contributed by atoms with Crippen molar-refractivity contribution in [2.45, 2.75) is 19.1 Å². The van der Waals surface area contributed by atoms with Gasteiger partial charge in [0, 0.05) is 18.8 Å². The fourth-order valence-electron chi connectivity index (χ4n) is 3.02. The smallest absolute Gasteiger partial charge is 0.287 e. The third kappa shape index (κ3) is 4.93. The van der Waals surface area contributed by atoms with E-state index in [0.29, 0.717) is 12.2 Å². The molecule has 0 saturated heterocycles. The summed E-state index contributed by atoms with van der Waals surface area (Å²) in [6, 6.07) is 22.5. The SMILES string of the molecule is O=C(NC(Cc1ncc[nH]1)c1ccccc1)c1ccc(COc2ccccc2)o1. The number of aromatic nitrogens is 2. The highest BCUT2D eigenvalue weighted by Gasteiger charge is 2.19. The van der Waals surface area contributed by atoms with Gasteiger partial charge in [-0.15, -0.1) is 0 Å². The van der Waals surface area contributed by atoms with E-state index in [4.69, 9.17) is 9.15 Å². The first-order valence-corrected chi connectivity index (χ1v) is 9.38. The van der Waals surface area contributed by atoms with E-state index in [1.807, 2.05) is 60.7 Å². The number of nitrogens with one attached hydrogen (secondary N) is 2. The van der Waals surface area contributed by atoms with Crippen LogP contribution in [-0.2, 0) is 13.0 Å². The highest BCUT2D eigenvalue weighted by molar-refractivity contribution is 5.91. The molecule has 2 aromatic carbocycles. The van der Waals surface area contributed by atoms with Gasteiger partial charge in [0.2, 0.25) is 0 Å². The van der Waals surface area contributed by atoms with Crippen LogP contribution in [0.25, 0.3) is 0 Å². The molecule has 1 amide bonds. The highest BCUT2D eigenvalue weighted by Crippen LogP contribution is 2.19.